The van der Waals surface area contributed by atoms with Crippen molar-refractivity contribution in [3.63, 3.8) is 0 Å². The second-order valence-corrected chi connectivity index (χ2v) is 10.2. The van der Waals surface area contributed by atoms with Gasteiger partial charge in [0.2, 0.25) is 5.91 Å². The van der Waals surface area contributed by atoms with E-state index in [1.165, 1.54) is 16.2 Å². The van der Waals surface area contributed by atoms with E-state index in [9.17, 15) is 4.79 Å². The number of ether oxygens (including phenoxy) is 1. The molecule has 1 aromatic rings. The summed E-state index contributed by atoms with van der Waals surface area (Å²) in [5.74, 6) is 1.22. The van der Waals surface area contributed by atoms with E-state index in [2.05, 4.69) is 34.7 Å². The molecule has 2 aliphatic rings. The number of amides is 1. The van der Waals surface area contributed by atoms with Gasteiger partial charge >= 0.3 is 0 Å². The van der Waals surface area contributed by atoms with Crippen LogP contribution >= 0.6 is 23.7 Å². The summed E-state index contributed by atoms with van der Waals surface area (Å²) in [5, 5.41) is 0. The fourth-order valence-corrected chi connectivity index (χ4v) is 5.60. The maximum Gasteiger partial charge on any atom is 0.234 e. The zero-order chi connectivity index (χ0) is 20.7. The van der Waals surface area contributed by atoms with Gasteiger partial charge in [0.15, 0.2) is 0 Å². The van der Waals surface area contributed by atoms with Crippen molar-refractivity contribution in [2.45, 2.75) is 43.8 Å². The molecule has 0 aromatic carbocycles. The minimum absolute atomic E-state index is 0.272. The number of carbonyl (C=O) groups excluding carboxylic acids is 1. The lowest BCUT2D eigenvalue weighted by Gasteiger charge is -2.36. The van der Waals surface area contributed by atoms with Crippen LogP contribution in [0.3, 0.4) is 0 Å². The summed E-state index contributed by atoms with van der Waals surface area (Å²) < 4.78 is 7.11. The number of rotatable bonds is 9. The molecule has 1 atom stereocenters. The number of aromatic nitrogens is 1. The van der Waals surface area contributed by atoms with Crippen LogP contribution in [-0.4, -0.2) is 52.0 Å². The van der Waals surface area contributed by atoms with Crippen molar-refractivity contribution in [1.29, 1.82) is 0 Å². The number of primary amides is 1. The SMILES string of the molecule is CCOCCC(C)(SN1CCC(c2ccc(C3=CC=CCS3)cn2)CC1)C(N)=O. The number of hydrogen-bond donors (Lipinski definition) is 1. The Bertz CT molecular complexity index is 743. The molecular weight excluding hydrogens is 402 g/mol. The molecule has 0 spiro atoms. The molecule has 1 amide bonds. The first-order valence-corrected chi connectivity index (χ1v) is 12.1. The van der Waals surface area contributed by atoms with Gasteiger partial charge in [0, 0.05) is 60.3 Å². The topological polar surface area (TPSA) is 68.4 Å². The molecule has 2 aliphatic heterocycles. The Kier molecular flexibility index (Phi) is 8.24. The molecule has 0 radical (unpaired) electrons. The van der Waals surface area contributed by atoms with E-state index in [4.69, 9.17) is 15.5 Å². The van der Waals surface area contributed by atoms with E-state index in [0.717, 1.165) is 31.7 Å². The molecule has 0 bridgehead atoms. The third-order valence-corrected chi connectivity index (χ3v) is 7.91. The van der Waals surface area contributed by atoms with Crippen LogP contribution in [0.25, 0.3) is 4.91 Å². The number of nitrogens with zero attached hydrogens (tertiary/aromatic N) is 2. The average molecular weight is 434 g/mol. The third kappa shape index (κ3) is 6.10. The Morgan fingerprint density at radius 3 is 2.79 bits per heavy atom. The van der Waals surface area contributed by atoms with Gasteiger partial charge in [0.25, 0.3) is 0 Å². The van der Waals surface area contributed by atoms with Crippen LogP contribution in [-0.2, 0) is 9.53 Å². The first-order chi connectivity index (χ1) is 14.0. The van der Waals surface area contributed by atoms with E-state index in [-0.39, 0.29) is 5.91 Å². The summed E-state index contributed by atoms with van der Waals surface area (Å²) >= 11 is 3.44. The molecule has 0 aliphatic carbocycles. The smallest absolute Gasteiger partial charge is 0.234 e. The van der Waals surface area contributed by atoms with Gasteiger partial charge < -0.3 is 10.5 Å². The number of carbonyl (C=O) groups is 1. The van der Waals surface area contributed by atoms with Crippen LogP contribution in [0.1, 0.15) is 50.3 Å². The van der Waals surface area contributed by atoms with Crippen molar-refractivity contribution in [2.75, 3.05) is 32.1 Å². The lowest BCUT2D eigenvalue weighted by Crippen LogP contribution is -2.43. The summed E-state index contributed by atoms with van der Waals surface area (Å²) in [5.41, 5.74) is 8.07. The fourth-order valence-electron chi connectivity index (χ4n) is 3.52. The van der Waals surface area contributed by atoms with Crippen LogP contribution in [0.15, 0.2) is 36.6 Å². The minimum Gasteiger partial charge on any atom is -0.382 e. The average Bonchev–Trinajstić information content (AvgIpc) is 2.75. The largest absolute Gasteiger partial charge is 0.382 e. The van der Waals surface area contributed by atoms with Crippen LogP contribution in [0.2, 0.25) is 0 Å². The van der Waals surface area contributed by atoms with Gasteiger partial charge in [-0.2, -0.15) is 0 Å². The van der Waals surface area contributed by atoms with Crippen molar-refractivity contribution < 1.29 is 9.53 Å². The highest BCUT2D eigenvalue weighted by Gasteiger charge is 2.35. The quantitative estimate of drug-likeness (QED) is 0.464. The first kappa shape index (κ1) is 22.4. The number of piperidine rings is 1. The Labute approximate surface area is 182 Å². The molecule has 2 N–H and O–H groups in total. The number of allylic oxidation sites excluding steroid dienone is 2. The minimum atomic E-state index is -0.623. The Hall–Kier alpha value is -1.28. The fraction of sp³-hybridized carbons (Fsp3) is 0.545. The van der Waals surface area contributed by atoms with Gasteiger partial charge in [0.1, 0.15) is 4.75 Å². The van der Waals surface area contributed by atoms with E-state index < -0.39 is 4.75 Å². The summed E-state index contributed by atoms with van der Waals surface area (Å²) in [4.78, 5) is 18.1. The van der Waals surface area contributed by atoms with E-state index in [0.29, 0.717) is 25.6 Å². The molecule has 158 valence electrons. The van der Waals surface area contributed by atoms with Crippen LogP contribution in [0, 0.1) is 0 Å². The van der Waals surface area contributed by atoms with Crippen molar-refractivity contribution in [3.8, 4) is 0 Å². The highest BCUT2D eigenvalue weighted by atomic mass is 32.2. The molecule has 5 nitrogen and oxygen atoms in total. The molecule has 1 saturated heterocycles. The normalized spacial score (nSPS) is 20.3. The predicted molar refractivity (Wildman–Crippen MR) is 124 cm³/mol. The molecule has 7 heteroatoms. The highest BCUT2D eigenvalue weighted by Crippen LogP contribution is 2.37. The number of nitrogens with two attached hydrogens (primary N) is 1. The van der Waals surface area contributed by atoms with E-state index in [1.54, 1.807) is 11.9 Å². The van der Waals surface area contributed by atoms with Crippen LogP contribution in [0.4, 0.5) is 0 Å². The molecule has 3 rings (SSSR count). The number of thioether (sulfide) groups is 1. The molecule has 3 heterocycles. The lowest BCUT2D eigenvalue weighted by molar-refractivity contribution is -0.120. The van der Waals surface area contributed by atoms with E-state index in [1.807, 2.05) is 31.8 Å². The van der Waals surface area contributed by atoms with Crippen LogP contribution in [0.5, 0.6) is 0 Å². The molecule has 1 fully saturated rings. The molecular formula is C22H31N3O2S2. The van der Waals surface area contributed by atoms with Gasteiger partial charge in [-0.25, -0.2) is 4.31 Å². The Morgan fingerprint density at radius 2 is 2.21 bits per heavy atom. The summed E-state index contributed by atoms with van der Waals surface area (Å²) in [6.45, 7) is 6.97. The number of pyridine rings is 1. The standard InChI is InChI=1S/C22H31N3O2S2/c1-3-27-14-11-22(2,21(23)26)29-25-12-9-17(10-13-25)19-8-7-18(16-24-19)20-6-4-5-15-28-20/h4-8,16-17H,3,9-15H2,1-2H3,(H2,23,26). The maximum absolute atomic E-state index is 12.0. The van der Waals surface area contributed by atoms with Gasteiger partial charge in [-0.15, -0.1) is 11.8 Å². The third-order valence-electron chi connectivity index (χ3n) is 5.44. The molecule has 1 unspecified atom stereocenters. The van der Waals surface area contributed by atoms with Gasteiger partial charge in [-0.3, -0.25) is 9.78 Å². The molecule has 0 saturated carbocycles. The second-order valence-electron chi connectivity index (χ2n) is 7.58. The molecule has 1 aromatic heterocycles. The maximum atomic E-state index is 12.0. The summed E-state index contributed by atoms with van der Waals surface area (Å²) in [6.07, 6.45) is 11.2. The van der Waals surface area contributed by atoms with Crippen molar-refractivity contribution in [2.24, 2.45) is 5.73 Å². The zero-order valence-corrected chi connectivity index (χ0v) is 18.9. The molecule has 29 heavy (non-hydrogen) atoms. The monoisotopic (exact) mass is 433 g/mol. The van der Waals surface area contributed by atoms with Crippen LogP contribution < -0.4 is 5.73 Å². The Balaban J connectivity index is 1.53. The zero-order valence-electron chi connectivity index (χ0n) is 17.3. The summed E-state index contributed by atoms with van der Waals surface area (Å²) in [6, 6.07) is 4.37. The first-order valence-electron chi connectivity index (χ1n) is 10.3. The van der Waals surface area contributed by atoms with Crippen molar-refractivity contribution >= 4 is 34.5 Å². The Morgan fingerprint density at radius 1 is 1.41 bits per heavy atom. The van der Waals surface area contributed by atoms with Gasteiger partial charge in [-0.1, -0.05) is 30.2 Å². The van der Waals surface area contributed by atoms with Gasteiger partial charge in [0.05, 0.1) is 0 Å². The van der Waals surface area contributed by atoms with Crippen molar-refractivity contribution in [3.05, 3.63) is 47.8 Å². The highest BCUT2D eigenvalue weighted by molar-refractivity contribution is 8.08. The predicted octanol–water partition coefficient (Wildman–Crippen LogP) is 4.22. The second kappa shape index (κ2) is 10.7. The summed E-state index contributed by atoms with van der Waals surface area (Å²) in [7, 11) is 0. The van der Waals surface area contributed by atoms with Gasteiger partial charge in [-0.05, 0) is 45.3 Å². The number of hydrogen-bond acceptors (Lipinski definition) is 6. The van der Waals surface area contributed by atoms with Crippen molar-refractivity contribution in [1.82, 2.24) is 9.29 Å². The lowest BCUT2D eigenvalue weighted by atomic mass is 9.94. The van der Waals surface area contributed by atoms with E-state index >= 15 is 0 Å².